The average Bonchev–Trinajstić information content (AvgIpc) is 3.76. The van der Waals surface area contributed by atoms with Crippen molar-refractivity contribution >= 4 is 56.4 Å². The number of aliphatic carboxylic acids is 1. The standard InChI is InChI=1S/C22H29N3O3S.C16H23NO3.C6H8N2OS/c1-16-15-29-22(20(16)21(23)27)24-19(26)14-17-6-8-18(9-7-17)28-13-5-12-25-10-3-2-4-11-25;18-16(19)13-14-5-7-15(8-6-14)20-12-4-11-17-9-2-1-3-10-17;1-3-2-10-6(8)4(3)5(7)9/h6-9,15H,2-5,10-14H2,1H3,(H2,23,27)(H,24,26);5-8H,1-4,9-13H2,(H,18,19);2H,8H2,1H3,(H2,7,9). The summed E-state index contributed by atoms with van der Waals surface area (Å²) in [5.41, 5.74) is 20.1. The van der Waals surface area contributed by atoms with Gasteiger partial charge in [0.05, 0.1) is 42.2 Å². The van der Waals surface area contributed by atoms with E-state index in [1.54, 1.807) is 6.92 Å². The zero-order valence-electron chi connectivity index (χ0n) is 34.3. The predicted octanol–water partition coefficient (Wildman–Crippen LogP) is 6.90. The molecule has 3 amide bonds. The van der Waals surface area contributed by atoms with E-state index in [1.807, 2.05) is 66.2 Å². The Balaban J connectivity index is 0.000000220. The van der Waals surface area contributed by atoms with E-state index in [-0.39, 0.29) is 18.7 Å². The second kappa shape index (κ2) is 24.8. The number of anilines is 2. The number of primary amides is 2. The number of carboxylic acid groups (broad SMARTS) is 1. The molecule has 2 saturated heterocycles. The van der Waals surface area contributed by atoms with E-state index in [1.165, 1.54) is 87.4 Å². The zero-order valence-corrected chi connectivity index (χ0v) is 36.0. The summed E-state index contributed by atoms with van der Waals surface area (Å²) < 4.78 is 11.5. The first-order chi connectivity index (χ1) is 28.4. The van der Waals surface area contributed by atoms with Crippen molar-refractivity contribution in [2.75, 3.05) is 63.5 Å². The van der Waals surface area contributed by atoms with E-state index in [4.69, 9.17) is 31.8 Å². The number of piperidine rings is 2. The molecule has 0 bridgehead atoms. The highest BCUT2D eigenvalue weighted by atomic mass is 32.1. The maximum Gasteiger partial charge on any atom is 0.307 e. The molecule has 0 unspecified atom stereocenters. The first-order valence-corrected chi connectivity index (χ1v) is 22.1. The van der Waals surface area contributed by atoms with Crippen molar-refractivity contribution in [3.8, 4) is 11.5 Å². The number of carboxylic acids is 1. The first kappa shape index (κ1) is 46.7. The molecule has 2 aliphatic heterocycles. The lowest BCUT2D eigenvalue weighted by Gasteiger charge is -2.26. The quantitative estimate of drug-likeness (QED) is 0.0696. The van der Waals surface area contributed by atoms with Gasteiger partial charge in [-0.1, -0.05) is 37.1 Å². The van der Waals surface area contributed by atoms with Crippen molar-refractivity contribution in [1.82, 2.24) is 9.80 Å². The third kappa shape index (κ3) is 16.7. The average molecular weight is 849 g/mol. The molecule has 13 nitrogen and oxygen atoms in total. The van der Waals surface area contributed by atoms with Crippen LogP contribution in [-0.2, 0) is 22.4 Å². The summed E-state index contributed by atoms with van der Waals surface area (Å²) in [5.74, 6) is -0.322. The number of thiophene rings is 2. The molecule has 0 aliphatic carbocycles. The van der Waals surface area contributed by atoms with Gasteiger partial charge in [-0.2, -0.15) is 0 Å². The Kier molecular flexibility index (Phi) is 19.7. The number of benzene rings is 2. The summed E-state index contributed by atoms with van der Waals surface area (Å²) in [4.78, 5) is 50.1. The van der Waals surface area contributed by atoms with Crippen LogP contribution in [0.3, 0.4) is 0 Å². The van der Waals surface area contributed by atoms with Gasteiger partial charge in [-0.15, -0.1) is 22.7 Å². The largest absolute Gasteiger partial charge is 0.494 e. The minimum absolute atomic E-state index is 0.0647. The molecule has 0 atom stereocenters. The fourth-order valence-corrected chi connectivity index (χ4v) is 8.65. The second-order valence-corrected chi connectivity index (χ2v) is 16.6. The van der Waals surface area contributed by atoms with Gasteiger partial charge in [0, 0.05) is 13.1 Å². The van der Waals surface area contributed by atoms with Crippen molar-refractivity contribution in [3.05, 3.63) is 92.7 Å². The van der Waals surface area contributed by atoms with Crippen molar-refractivity contribution in [3.63, 3.8) is 0 Å². The summed E-state index contributed by atoms with van der Waals surface area (Å²) in [6.45, 7) is 12.1. The summed E-state index contributed by atoms with van der Waals surface area (Å²) in [6.07, 6.45) is 10.4. The van der Waals surface area contributed by atoms with Gasteiger partial charge in [0.15, 0.2) is 0 Å². The van der Waals surface area contributed by atoms with Crippen molar-refractivity contribution in [1.29, 1.82) is 0 Å². The summed E-state index contributed by atoms with van der Waals surface area (Å²) in [6, 6.07) is 14.9. The number of nitrogens with two attached hydrogens (primary N) is 3. The maximum absolute atomic E-state index is 12.3. The number of hydrogen-bond donors (Lipinski definition) is 5. The SMILES string of the molecule is Cc1csc(N)c1C(N)=O.Cc1csc(NC(=O)Cc2ccc(OCCCN3CCCCC3)cc2)c1C(N)=O.O=C(O)Cc1ccc(OCCCN2CCCCC2)cc1. The van der Waals surface area contributed by atoms with Crippen LogP contribution in [0.15, 0.2) is 59.3 Å². The van der Waals surface area contributed by atoms with Crippen LogP contribution in [0.2, 0.25) is 0 Å². The third-order valence-electron chi connectivity index (χ3n) is 9.96. The molecule has 4 aromatic rings. The van der Waals surface area contributed by atoms with Gasteiger partial charge in [-0.3, -0.25) is 19.2 Å². The predicted molar refractivity (Wildman–Crippen MR) is 237 cm³/mol. The molecule has 0 radical (unpaired) electrons. The van der Waals surface area contributed by atoms with Crippen LogP contribution in [-0.4, -0.2) is 91.1 Å². The number of rotatable bonds is 17. The number of ether oxygens (including phenoxy) is 2. The fourth-order valence-electron chi connectivity index (χ4n) is 6.88. The Labute approximate surface area is 355 Å². The normalized spacial score (nSPS) is 14.2. The Morgan fingerprint density at radius 3 is 1.51 bits per heavy atom. The number of carbonyl (C=O) groups excluding carboxylic acids is 3. The minimum Gasteiger partial charge on any atom is -0.494 e. The van der Waals surface area contributed by atoms with E-state index in [0.29, 0.717) is 27.7 Å². The van der Waals surface area contributed by atoms with E-state index in [0.717, 1.165) is 66.3 Å². The van der Waals surface area contributed by atoms with Gasteiger partial charge in [0.1, 0.15) is 16.5 Å². The van der Waals surface area contributed by atoms with Crippen LogP contribution in [0.1, 0.15) is 94.3 Å². The lowest BCUT2D eigenvalue weighted by Crippen LogP contribution is -2.31. The molecule has 6 rings (SSSR count). The smallest absolute Gasteiger partial charge is 0.307 e. The molecule has 0 saturated carbocycles. The van der Waals surface area contributed by atoms with Crippen molar-refractivity contribution < 1.29 is 33.8 Å². The zero-order chi connectivity index (χ0) is 42.6. The lowest BCUT2D eigenvalue weighted by atomic mass is 10.1. The van der Waals surface area contributed by atoms with Crippen LogP contribution in [0.4, 0.5) is 10.0 Å². The molecule has 2 aromatic heterocycles. The van der Waals surface area contributed by atoms with E-state index in [2.05, 4.69) is 15.1 Å². The van der Waals surface area contributed by atoms with Gasteiger partial charge >= 0.3 is 5.97 Å². The summed E-state index contributed by atoms with van der Waals surface area (Å²) in [7, 11) is 0. The number of aryl methyl sites for hydroxylation is 2. The number of likely N-dealkylation sites (tertiary alicyclic amines) is 2. The molecule has 2 aliphatic rings. The van der Waals surface area contributed by atoms with Gasteiger partial charge in [0.2, 0.25) is 5.91 Å². The number of amides is 3. The van der Waals surface area contributed by atoms with E-state index < -0.39 is 17.8 Å². The number of nitrogens with one attached hydrogen (secondary N) is 1. The number of hydrogen-bond acceptors (Lipinski definition) is 11. The molecule has 0 spiro atoms. The molecular formula is C44H60N6O7S2. The van der Waals surface area contributed by atoms with Crippen molar-refractivity contribution in [2.45, 2.75) is 78.1 Å². The molecule has 15 heteroatoms. The fraction of sp³-hybridized carbons (Fsp3) is 0.455. The van der Waals surface area contributed by atoms with Crippen LogP contribution in [0.25, 0.3) is 0 Å². The van der Waals surface area contributed by atoms with Gasteiger partial charge in [0.25, 0.3) is 11.8 Å². The monoisotopic (exact) mass is 848 g/mol. The molecule has 2 fully saturated rings. The molecule has 2 aromatic carbocycles. The maximum atomic E-state index is 12.3. The lowest BCUT2D eigenvalue weighted by molar-refractivity contribution is -0.136. The minimum atomic E-state index is -0.805. The second-order valence-electron chi connectivity index (χ2n) is 14.8. The molecule has 59 heavy (non-hydrogen) atoms. The van der Waals surface area contributed by atoms with Crippen LogP contribution in [0, 0.1) is 13.8 Å². The van der Waals surface area contributed by atoms with Crippen LogP contribution >= 0.6 is 22.7 Å². The number of nitrogens with zero attached hydrogens (tertiary/aromatic N) is 2. The summed E-state index contributed by atoms with van der Waals surface area (Å²) in [5, 5.41) is 16.1. The number of nitrogen functional groups attached to an aromatic ring is 1. The first-order valence-electron chi connectivity index (χ1n) is 20.3. The Bertz CT molecular complexity index is 1900. The van der Waals surface area contributed by atoms with Crippen LogP contribution < -0.4 is 32.0 Å². The van der Waals surface area contributed by atoms with Gasteiger partial charge in [-0.25, -0.2) is 0 Å². The molecule has 4 heterocycles. The van der Waals surface area contributed by atoms with Gasteiger partial charge < -0.3 is 46.9 Å². The molecule has 320 valence electrons. The van der Waals surface area contributed by atoms with E-state index in [9.17, 15) is 19.2 Å². The van der Waals surface area contributed by atoms with E-state index >= 15 is 0 Å². The summed E-state index contributed by atoms with van der Waals surface area (Å²) >= 11 is 2.65. The van der Waals surface area contributed by atoms with Crippen molar-refractivity contribution in [2.24, 2.45) is 11.5 Å². The van der Waals surface area contributed by atoms with Crippen LogP contribution in [0.5, 0.6) is 11.5 Å². The third-order valence-corrected chi connectivity index (χ3v) is 11.9. The number of carbonyl (C=O) groups is 4. The topological polar surface area (TPSA) is 204 Å². The highest BCUT2D eigenvalue weighted by molar-refractivity contribution is 7.15. The molecule has 8 N–H and O–H groups in total. The Morgan fingerprint density at radius 2 is 1.10 bits per heavy atom. The molecular weight excluding hydrogens is 789 g/mol. The highest BCUT2D eigenvalue weighted by Crippen LogP contribution is 2.27. The Hall–Kier alpha value is -4.96. The highest BCUT2D eigenvalue weighted by Gasteiger charge is 2.17. The Morgan fingerprint density at radius 1 is 0.661 bits per heavy atom. The van der Waals surface area contributed by atoms with Gasteiger partial charge in [-0.05, 0) is 136 Å².